The highest BCUT2D eigenvalue weighted by Crippen LogP contribution is 2.03. The molecule has 0 bridgehead atoms. The van der Waals surface area contributed by atoms with Gasteiger partial charge in [-0.1, -0.05) is 0 Å². The Hall–Kier alpha value is -1.01. The molecular formula is C7H11NO2. The van der Waals surface area contributed by atoms with E-state index < -0.39 is 5.97 Å². The number of aliphatic carboxylic acids is 1. The molecule has 0 radical (unpaired) electrons. The molecule has 1 aliphatic heterocycles. The van der Waals surface area contributed by atoms with Gasteiger partial charge in [-0.15, -0.1) is 12.8 Å². The zero-order valence-electron chi connectivity index (χ0n) is 5.71. The second-order valence-corrected chi connectivity index (χ2v) is 1.99. The molecule has 56 valence electrons. The molecule has 1 fully saturated rings. The number of hydrogen-bond donors (Lipinski definition) is 2. The molecule has 0 aromatic heterocycles. The first-order valence-corrected chi connectivity index (χ1v) is 3.10. The summed E-state index contributed by atoms with van der Waals surface area (Å²) in [5.74, 6) is -0.720. The highest BCUT2D eigenvalue weighted by atomic mass is 16.4. The fourth-order valence-electron chi connectivity index (χ4n) is 0.895. The Morgan fingerprint density at radius 3 is 2.40 bits per heavy atom. The molecule has 0 aliphatic carbocycles. The summed E-state index contributed by atoms with van der Waals surface area (Å²) in [5.41, 5.74) is 0. The predicted octanol–water partition coefficient (Wildman–Crippen LogP) is 0.0724. The number of rotatable bonds is 1. The Kier molecular flexibility index (Phi) is 4.34. The minimum Gasteiger partial charge on any atom is -0.480 e. The van der Waals surface area contributed by atoms with Crippen molar-refractivity contribution in [2.45, 2.75) is 18.9 Å². The molecule has 3 nitrogen and oxygen atoms in total. The van der Waals surface area contributed by atoms with Gasteiger partial charge >= 0.3 is 5.97 Å². The van der Waals surface area contributed by atoms with Crippen LogP contribution in [0.4, 0.5) is 0 Å². The number of carboxylic acid groups (broad SMARTS) is 1. The molecule has 0 unspecified atom stereocenters. The number of hydrogen-bond acceptors (Lipinski definition) is 2. The van der Waals surface area contributed by atoms with Gasteiger partial charge in [0.25, 0.3) is 0 Å². The fourth-order valence-corrected chi connectivity index (χ4v) is 0.895. The van der Waals surface area contributed by atoms with Crippen LogP contribution >= 0.6 is 0 Å². The van der Waals surface area contributed by atoms with Crippen molar-refractivity contribution in [3.8, 4) is 12.8 Å². The van der Waals surface area contributed by atoms with E-state index in [-0.39, 0.29) is 6.04 Å². The van der Waals surface area contributed by atoms with Gasteiger partial charge in [0.2, 0.25) is 0 Å². The second kappa shape index (κ2) is 4.83. The number of terminal acetylenes is 1. The maximum Gasteiger partial charge on any atom is 0.320 e. The van der Waals surface area contributed by atoms with Crippen molar-refractivity contribution in [3.05, 3.63) is 0 Å². The zero-order valence-corrected chi connectivity index (χ0v) is 5.71. The minimum absolute atomic E-state index is 0.269. The van der Waals surface area contributed by atoms with Gasteiger partial charge in [0.15, 0.2) is 0 Å². The molecule has 0 aromatic carbocycles. The third kappa shape index (κ3) is 2.51. The summed E-state index contributed by atoms with van der Waals surface area (Å²) in [4.78, 5) is 10.1. The van der Waals surface area contributed by atoms with E-state index in [9.17, 15) is 4.79 Å². The van der Waals surface area contributed by atoms with Crippen LogP contribution in [-0.4, -0.2) is 23.7 Å². The quantitative estimate of drug-likeness (QED) is 0.508. The molecule has 0 saturated carbocycles. The van der Waals surface area contributed by atoms with E-state index in [0.717, 1.165) is 19.4 Å². The van der Waals surface area contributed by atoms with Crippen LogP contribution in [0.5, 0.6) is 0 Å². The zero-order chi connectivity index (χ0) is 7.98. The maximum absolute atomic E-state index is 10.1. The lowest BCUT2D eigenvalue weighted by atomic mass is 10.2. The van der Waals surface area contributed by atoms with Crippen molar-refractivity contribution < 1.29 is 9.90 Å². The van der Waals surface area contributed by atoms with Gasteiger partial charge in [-0.3, -0.25) is 4.79 Å². The molecule has 1 atom stereocenters. The Balaban J connectivity index is 0.000000371. The largest absolute Gasteiger partial charge is 0.480 e. The van der Waals surface area contributed by atoms with Crippen molar-refractivity contribution in [2.75, 3.05) is 6.54 Å². The molecule has 1 rings (SSSR count). The van der Waals surface area contributed by atoms with Crippen LogP contribution in [0.1, 0.15) is 12.8 Å². The van der Waals surface area contributed by atoms with Crippen molar-refractivity contribution in [3.63, 3.8) is 0 Å². The Morgan fingerprint density at radius 1 is 1.60 bits per heavy atom. The van der Waals surface area contributed by atoms with Gasteiger partial charge in [-0.25, -0.2) is 0 Å². The summed E-state index contributed by atoms with van der Waals surface area (Å²) in [6.07, 6.45) is 9.78. The van der Waals surface area contributed by atoms with E-state index in [4.69, 9.17) is 5.11 Å². The van der Waals surface area contributed by atoms with Crippen LogP contribution in [0.15, 0.2) is 0 Å². The van der Waals surface area contributed by atoms with Crippen molar-refractivity contribution in [2.24, 2.45) is 0 Å². The molecule has 10 heavy (non-hydrogen) atoms. The van der Waals surface area contributed by atoms with Crippen LogP contribution in [0.3, 0.4) is 0 Å². The molecule has 1 heterocycles. The van der Waals surface area contributed by atoms with Crippen LogP contribution < -0.4 is 5.32 Å². The summed E-state index contributed by atoms with van der Waals surface area (Å²) in [7, 11) is 0. The van der Waals surface area contributed by atoms with E-state index in [0.29, 0.717) is 0 Å². The first-order valence-electron chi connectivity index (χ1n) is 3.10. The molecule has 2 N–H and O–H groups in total. The summed E-state index contributed by atoms with van der Waals surface area (Å²) in [6, 6.07) is -0.269. The number of nitrogens with one attached hydrogen (secondary N) is 1. The summed E-state index contributed by atoms with van der Waals surface area (Å²) in [6.45, 7) is 0.858. The Bertz CT molecular complexity index is 125. The number of carbonyl (C=O) groups is 1. The highest BCUT2D eigenvalue weighted by molar-refractivity contribution is 5.73. The van der Waals surface area contributed by atoms with Crippen LogP contribution in [-0.2, 0) is 4.79 Å². The third-order valence-electron chi connectivity index (χ3n) is 1.36. The van der Waals surface area contributed by atoms with E-state index in [1.807, 2.05) is 0 Å². The standard InChI is InChI=1S/C5H9NO2.C2H2/c7-5(8)4-2-1-3-6-4;1-2/h4,6H,1-3H2,(H,7,8);1-2H/t4-;/m0./s1. The SMILES string of the molecule is C#C.O=C(O)[C@@H]1CCCN1. The molecule has 0 aromatic rings. The van der Waals surface area contributed by atoms with Crippen molar-refractivity contribution in [1.29, 1.82) is 0 Å². The second-order valence-electron chi connectivity index (χ2n) is 1.99. The van der Waals surface area contributed by atoms with Crippen LogP contribution in [0.2, 0.25) is 0 Å². The minimum atomic E-state index is -0.720. The first kappa shape index (κ1) is 8.99. The van der Waals surface area contributed by atoms with Gasteiger partial charge < -0.3 is 10.4 Å². The van der Waals surface area contributed by atoms with Crippen molar-refractivity contribution in [1.82, 2.24) is 5.32 Å². The van der Waals surface area contributed by atoms with Gasteiger partial charge in [-0.2, -0.15) is 0 Å². The average Bonchev–Trinajstić information content (AvgIpc) is 2.42. The maximum atomic E-state index is 10.1. The normalized spacial score (nSPS) is 22.8. The van der Waals surface area contributed by atoms with E-state index in [2.05, 4.69) is 18.2 Å². The van der Waals surface area contributed by atoms with Crippen LogP contribution in [0, 0.1) is 12.8 Å². The number of carboxylic acids is 1. The highest BCUT2D eigenvalue weighted by Gasteiger charge is 2.20. The average molecular weight is 141 g/mol. The van der Waals surface area contributed by atoms with Gasteiger partial charge in [0.1, 0.15) is 6.04 Å². The van der Waals surface area contributed by atoms with Crippen LogP contribution in [0.25, 0.3) is 0 Å². The molecule has 1 saturated heterocycles. The van der Waals surface area contributed by atoms with Gasteiger partial charge in [0, 0.05) is 0 Å². The molecule has 0 spiro atoms. The molecule has 0 amide bonds. The lowest BCUT2D eigenvalue weighted by Gasteiger charge is -1.99. The van der Waals surface area contributed by atoms with E-state index >= 15 is 0 Å². The summed E-state index contributed by atoms with van der Waals surface area (Å²) >= 11 is 0. The van der Waals surface area contributed by atoms with Gasteiger partial charge in [-0.05, 0) is 19.4 Å². The smallest absolute Gasteiger partial charge is 0.320 e. The van der Waals surface area contributed by atoms with Crippen molar-refractivity contribution >= 4 is 5.97 Å². The monoisotopic (exact) mass is 141 g/mol. The van der Waals surface area contributed by atoms with E-state index in [1.54, 1.807) is 0 Å². The third-order valence-corrected chi connectivity index (χ3v) is 1.36. The Labute approximate surface area is 60.4 Å². The summed E-state index contributed by atoms with van der Waals surface area (Å²) in [5, 5.41) is 11.2. The molecular weight excluding hydrogens is 130 g/mol. The van der Waals surface area contributed by atoms with E-state index in [1.165, 1.54) is 0 Å². The topological polar surface area (TPSA) is 49.3 Å². The molecule has 3 heteroatoms. The predicted molar refractivity (Wildman–Crippen MR) is 38.6 cm³/mol. The molecule has 1 aliphatic rings. The fraction of sp³-hybridized carbons (Fsp3) is 0.571. The Morgan fingerprint density at radius 2 is 2.20 bits per heavy atom. The lowest BCUT2D eigenvalue weighted by Crippen LogP contribution is -2.29. The lowest BCUT2D eigenvalue weighted by molar-refractivity contribution is -0.139. The van der Waals surface area contributed by atoms with Gasteiger partial charge in [0.05, 0.1) is 0 Å². The first-order chi connectivity index (χ1) is 4.80. The summed E-state index contributed by atoms with van der Waals surface area (Å²) < 4.78 is 0.